The minimum Gasteiger partial charge on any atom is -0.508 e. The minimum atomic E-state index is -1.19. The van der Waals surface area contributed by atoms with Crippen molar-refractivity contribution in [1.82, 2.24) is 9.80 Å². The zero-order valence-electron chi connectivity index (χ0n) is 21.8. The summed E-state index contributed by atoms with van der Waals surface area (Å²) in [7, 11) is 0. The summed E-state index contributed by atoms with van der Waals surface area (Å²) in [6.45, 7) is 0.591. The normalized spacial score (nSPS) is 21.5. The largest absolute Gasteiger partial charge is 0.508 e. The van der Waals surface area contributed by atoms with E-state index >= 15 is 0 Å². The van der Waals surface area contributed by atoms with E-state index in [2.05, 4.69) is 0 Å². The molecule has 4 aromatic rings. The van der Waals surface area contributed by atoms with Crippen LogP contribution in [0.4, 0.5) is 4.79 Å². The average Bonchev–Trinajstić information content (AvgIpc) is 3.03. The standard InChI is InChI=1S/C33H34N2O4/c36-28-18-16-25(17-19-28)21-30-32(38)31(37)29(20-24-10-4-1-5-11-24)34(22-26-12-6-2-7-13-26)33(39)35(30)23-27-14-8-3-9-15-27/h1-19,29-32,36-38H,20-23H2/t29-,30-,31+,32+/m1/s1. The van der Waals surface area contributed by atoms with E-state index in [0.717, 1.165) is 22.3 Å². The SMILES string of the molecule is O=C1N(Cc2ccccc2)[C@H](Cc2ccccc2)[C@H](O)[C@@H](O)[C@@H](Cc2ccc(O)cc2)N1Cc1ccccc1. The number of aliphatic hydroxyl groups excluding tert-OH is 2. The van der Waals surface area contributed by atoms with Crippen molar-refractivity contribution >= 4 is 6.03 Å². The molecule has 39 heavy (non-hydrogen) atoms. The maximum atomic E-state index is 14.5. The zero-order valence-corrected chi connectivity index (χ0v) is 21.8. The first-order valence-electron chi connectivity index (χ1n) is 13.3. The van der Waals surface area contributed by atoms with Crippen molar-refractivity contribution in [3.8, 4) is 5.75 Å². The van der Waals surface area contributed by atoms with Gasteiger partial charge in [-0.1, -0.05) is 103 Å². The van der Waals surface area contributed by atoms with Gasteiger partial charge in [0, 0.05) is 13.1 Å². The number of rotatable bonds is 8. The van der Waals surface area contributed by atoms with Crippen LogP contribution in [0.15, 0.2) is 115 Å². The molecule has 3 N–H and O–H groups in total. The maximum Gasteiger partial charge on any atom is 0.321 e. The molecule has 1 fully saturated rings. The highest BCUT2D eigenvalue weighted by Gasteiger charge is 2.46. The van der Waals surface area contributed by atoms with Gasteiger partial charge in [0.15, 0.2) is 0 Å². The number of nitrogens with zero attached hydrogens (tertiary/aromatic N) is 2. The number of amides is 2. The van der Waals surface area contributed by atoms with E-state index in [-0.39, 0.29) is 18.3 Å². The first-order chi connectivity index (χ1) is 19.0. The summed E-state index contributed by atoms with van der Waals surface area (Å²) in [6, 6.07) is 34.4. The second-order valence-electron chi connectivity index (χ2n) is 10.2. The van der Waals surface area contributed by atoms with Gasteiger partial charge in [-0.25, -0.2) is 4.79 Å². The number of urea groups is 1. The summed E-state index contributed by atoms with van der Waals surface area (Å²) in [5.74, 6) is 0.148. The Morgan fingerprint density at radius 1 is 0.513 bits per heavy atom. The molecule has 1 aliphatic heterocycles. The van der Waals surface area contributed by atoms with E-state index in [1.54, 1.807) is 34.1 Å². The Morgan fingerprint density at radius 2 is 0.872 bits per heavy atom. The van der Waals surface area contributed by atoms with Crippen LogP contribution in [0.3, 0.4) is 0 Å². The van der Waals surface area contributed by atoms with Crippen molar-refractivity contribution in [3.63, 3.8) is 0 Å². The third kappa shape index (κ3) is 6.30. The molecule has 0 unspecified atom stereocenters. The molecule has 0 aliphatic carbocycles. The van der Waals surface area contributed by atoms with Gasteiger partial charge in [0.1, 0.15) is 18.0 Å². The van der Waals surface area contributed by atoms with E-state index in [4.69, 9.17) is 0 Å². The Kier molecular flexibility index (Phi) is 8.25. The van der Waals surface area contributed by atoms with Crippen LogP contribution in [0.2, 0.25) is 0 Å². The summed E-state index contributed by atoms with van der Waals surface area (Å²) in [6.07, 6.45) is -1.64. The molecule has 4 atom stereocenters. The van der Waals surface area contributed by atoms with Gasteiger partial charge < -0.3 is 25.1 Å². The summed E-state index contributed by atoms with van der Waals surface area (Å²) in [4.78, 5) is 17.9. The molecule has 0 radical (unpaired) electrons. The van der Waals surface area contributed by atoms with E-state index in [1.807, 2.05) is 91.0 Å². The average molecular weight is 523 g/mol. The van der Waals surface area contributed by atoms with E-state index < -0.39 is 24.3 Å². The predicted octanol–water partition coefficient (Wildman–Crippen LogP) is 4.77. The fourth-order valence-corrected chi connectivity index (χ4v) is 5.39. The van der Waals surface area contributed by atoms with Crippen LogP contribution < -0.4 is 0 Å². The molecule has 0 bridgehead atoms. The van der Waals surface area contributed by atoms with Gasteiger partial charge in [0.25, 0.3) is 0 Å². The number of aromatic hydroxyl groups is 1. The molecule has 1 saturated heterocycles. The molecule has 4 aromatic carbocycles. The molecule has 1 aliphatic rings. The number of carbonyl (C=O) groups is 1. The second-order valence-corrected chi connectivity index (χ2v) is 10.2. The van der Waals surface area contributed by atoms with Gasteiger partial charge in [-0.2, -0.15) is 0 Å². The summed E-state index contributed by atoms with van der Waals surface area (Å²) in [5, 5.41) is 33.2. The van der Waals surface area contributed by atoms with Crippen LogP contribution >= 0.6 is 0 Å². The highest BCUT2D eigenvalue weighted by molar-refractivity contribution is 5.76. The molecule has 0 spiro atoms. The number of phenolic OH excluding ortho intramolecular Hbond substituents is 1. The Morgan fingerprint density at radius 3 is 1.28 bits per heavy atom. The lowest BCUT2D eigenvalue weighted by Crippen LogP contribution is -2.50. The Bertz CT molecular complexity index is 1330. The van der Waals surface area contributed by atoms with Crippen LogP contribution in [0.25, 0.3) is 0 Å². The highest BCUT2D eigenvalue weighted by Crippen LogP contribution is 2.30. The molecular formula is C33H34N2O4. The number of aliphatic hydroxyl groups is 2. The number of hydrogen-bond acceptors (Lipinski definition) is 4. The van der Waals surface area contributed by atoms with Crippen molar-refractivity contribution in [2.45, 2.75) is 50.2 Å². The molecule has 5 rings (SSSR count). The number of hydrogen-bond donors (Lipinski definition) is 3. The number of phenols is 1. The maximum absolute atomic E-state index is 14.5. The van der Waals surface area contributed by atoms with Gasteiger partial charge in [-0.15, -0.1) is 0 Å². The smallest absolute Gasteiger partial charge is 0.321 e. The fraction of sp³-hybridized carbons (Fsp3) is 0.242. The molecule has 6 nitrogen and oxygen atoms in total. The van der Waals surface area contributed by atoms with Gasteiger partial charge in [0.05, 0.1) is 12.1 Å². The van der Waals surface area contributed by atoms with Crippen LogP contribution in [-0.4, -0.2) is 55.4 Å². The highest BCUT2D eigenvalue weighted by atomic mass is 16.3. The van der Waals surface area contributed by atoms with Crippen LogP contribution in [-0.2, 0) is 25.9 Å². The molecule has 0 aromatic heterocycles. The molecule has 6 heteroatoms. The minimum absolute atomic E-state index is 0.148. The van der Waals surface area contributed by atoms with Crippen molar-refractivity contribution in [2.24, 2.45) is 0 Å². The van der Waals surface area contributed by atoms with E-state index in [1.165, 1.54) is 0 Å². The molecule has 2 amide bonds. The van der Waals surface area contributed by atoms with Crippen molar-refractivity contribution in [2.75, 3.05) is 0 Å². The van der Waals surface area contributed by atoms with E-state index in [9.17, 15) is 20.1 Å². The van der Waals surface area contributed by atoms with Crippen molar-refractivity contribution in [1.29, 1.82) is 0 Å². The third-order valence-corrected chi connectivity index (χ3v) is 7.49. The molecular weight excluding hydrogens is 488 g/mol. The summed E-state index contributed by atoms with van der Waals surface area (Å²) >= 11 is 0. The quantitative estimate of drug-likeness (QED) is 0.311. The lowest BCUT2D eigenvalue weighted by atomic mass is 9.91. The van der Waals surface area contributed by atoms with Gasteiger partial charge >= 0.3 is 6.03 Å². The van der Waals surface area contributed by atoms with Crippen LogP contribution in [0.1, 0.15) is 22.3 Å². The Balaban J connectivity index is 1.57. The lowest BCUT2D eigenvalue weighted by Gasteiger charge is -2.36. The summed E-state index contributed by atoms with van der Waals surface area (Å²) < 4.78 is 0. The van der Waals surface area contributed by atoms with Crippen LogP contribution in [0.5, 0.6) is 5.75 Å². The van der Waals surface area contributed by atoms with Gasteiger partial charge in [-0.05, 0) is 47.2 Å². The Labute approximate surface area is 229 Å². The van der Waals surface area contributed by atoms with Crippen molar-refractivity contribution < 1.29 is 20.1 Å². The molecule has 200 valence electrons. The predicted molar refractivity (Wildman–Crippen MR) is 151 cm³/mol. The van der Waals surface area contributed by atoms with Crippen molar-refractivity contribution in [3.05, 3.63) is 138 Å². The van der Waals surface area contributed by atoms with Gasteiger partial charge in [0.2, 0.25) is 0 Å². The first-order valence-corrected chi connectivity index (χ1v) is 13.3. The number of benzene rings is 4. The lowest BCUT2D eigenvalue weighted by molar-refractivity contribution is -0.0408. The first kappa shape index (κ1) is 26.5. The Hall–Kier alpha value is -4.13. The van der Waals surface area contributed by atoms with Crippen LogP contribution in [0, 0.1) is 0 Å². The fourth-order valence-electron chi connectivity index (χ4n) is 5.39. The van der Waals surface area contributed by atoms with E-state index in [0.29, 0.717) is 19.4 Å². The third-order valence-electron chi connectivity index (χ3n) is 7.49. The zero-order chi connectivity index (χ0) is 27.2. The molecule has 0 saturated carbocycles. The monoisotopic (exact) mass is 522 g/mol. The van der Waals surface area contributed by atoms with Gasteiger partial charge in [-0.3, -0.25) is 0 Å². The second kappa shape index (κ2) is 12.2. The summed E-state index contributed by atoms with van der Waals surface area (Å²) in [5.41, 5.74) is 3.71. The molecule has 1 heterocycles. The topological polar surface area (TPSA) is 84.2 Å². The number of carbonyl (C=O) groups excluding carboxylic acids is 1.